The van der Waals surface area contributed by atoms with Crippen molar-refractivity contribution in [1.29, 1.82) is 0 Å². The van der Waals surface area contributed by atoms with Crippen molar-refractivity contribution in [2.24, 2.45) is 0 Å². The lowest BCUT2D eigenvalue weighted by Crippen LogP contribution is -2.17. The second-order valence-electron chi connectivity index (χ2n) is 6.77. The molecule has 5 nitrogen and oxygen atoms in total. The Hall–Kier alpha value is -3.22. The number of nitrogens with one attached hydrogen (secondary N) is 2. The second-order valence-corrected chi connectivity index (χ2v) is 6.77. The van der Waals surface area contributed by atoms with Gasteiger partial charge in [0.2, 0.25) is 0 Å². The van der Waals surface area contributed by atoms with Crippen LogP contribution in [0.25, 0.3) is 0 Å². The van der Waals surface area contributed by atoms with Crippen LogP contribution in [0.4, 0.5) is 37.5 Å². The standard InChI is InChI=1S/C21H21F2N5/c1-14-24-19(13-20(25-14)27-21-17(22)5-4-6-18(21)23)26-15-7-9-16(10-8-15)28-11-2-3-12-28/h4-10,13H,2-3,11-12H2,1H3,(H2,24,25,26,27). The van der Waals surface area contributed by atoms with Gasteiger partial charge in [-0.1, -0.05) is 6.07 Å². The highest BCUT2D eigenvalue weighted by Gasteiger charge is 2.13. The lowest BCUT2D eigenvalue weighted by Gasteiger charge is -2.18. The lowest BCUT2D eigenvalue weighted by atomic mass is 10.2. The first-order valence-corrected chi connectivity index (χ1v) is 9.27. The number of para-hydroxylation sites is 1. The molecule has 0 saturated carbocycles. The van der Waals surface area contributed by atoms with Gasteiger partial charge in [-0.15, -0.1) is 0 Å². The molecule has 2 heterocycles. The predicted molar refractivity (Wildman–Crippen MR) is 108 cm³/mol. The number of aromatic nitrogens is 2. The third-order valence-electron chi connectivity index (χ3n) is 4.66. The molecular weight excluding hydrogens is 360 g/mol. The van der Waals surface area contributed by atoms with Gasteiger partial charge >= 0.3 is 0 Å². The van der Waals surface area contributed by atoms with Crippen molar-refractivity contribution in [2.45, 2.75) is 19.8 Å². The molecule has 0 atom stereocenters. The normalized spacial score (nSPS) is 13.6. The summed E-state index contributed by atoms with van der Waals surface area (Å²) in [5.74, 6) is -0.0159. The van der Waals surface area contributed by atoms with Crippen molar-refractivity contribution in [2.75, 3.05) is 28.6 Å². The molecule has 2 N–H and O–H groups in total. The number of halogens is 2. The van der Waals surface area contributed by atoms with Crippen molar-refractivity contribution >= 4 is 28.7 Å². The molecule has 1 aromatic heterocycles. The Bertz CT molecular complexity index is 949. The number of hydrogen-bond donors (Lipinski definition) is 2. The number of aryl methyl sites for hydroxylation is 1. The maximum absolute atomic E-state index is 13.9. The van der Waals surface area contributed by atoms with Crippen molar-refractivity contribution in [3.8, 4) is 0 Å². The molecule has 0 amide bonds. The minimum atomic E-state index is -0.678. The molecule has 1 aliphatic rings. The first-order chi connectivity index (χ1) is 13.6. The van der Waals surface area contributed by atoms with Gasteiger partial charge in [-0.05, 0) is 56.2 Å². The fourth-order valence-electron chi connectivity index (χ4n) is 3.32. The molecule has 7 heteroatoms. The van der Waals surface area contributed by atoms with E-state index in [1.807, 2.05) is 12.1 Å². The summed E-state index contributed by atoms with van der Waals surface area (Å²) in [5.41, 5.74) is 1.85. The minimum Gasteiger partial charge on any atom is -0.372 e. The fraction of sp³-hybridized carbons (Fsp3) is 0.238. The van der Waals surface area contributed by atoms with Crippen LogP contribution in [0.5, 0.6) is 0 Å². The molecule has 0 unspecified atom stereocenters. The highest BCUT2D eigenvalue weighted by molar-refractivity contribution is 5.65. The predicted octanol–water partition coefficient (Wildman–Crippen LogP) is 5.15. The first kappa shape index (κ1) is 18.2. The van der Waals surface area contributed by atoms with Crippen LogP contribution in [0.15, 0.2) is 48.5 Å². The van der Waals surface area contributed by atoms with Gasteiger partial charge in [0.05, 0.1) is 0 Å². The van der Waals surface area contributed by atoms with Crippen LogP contribution in [0.3, 0.4) is 0 Å². The van der Waals surface area contributed by atoms with Crippen molar-refractivity contribution in [1.82, 2.24) is 9.97 Å². The molecule has 0 bridgehead atoms. The van der Waals surface area contributed by atoms with Crippen LogP contribution < -0.4 is 15.5 Å². The van der Waals surface area contributed by atoms with Gasteiger partial charge in [-0.2, -0.15) is 0 Å². The number of hydrogen-bond acceptors (Lipinski definition) is 5. The fourth-order valence-corrected chi connectivity index (χ4v) is 3.32. The van der Waals surface area contributed by atoms with Crippen LogP contribution in [-0.2, 0) is 0 Å². The summed E-state index contributed by atoms with van der Waals surface area (Å²) in [6.45, 7) is 3.92. The summed E-state index contributed by atoms with van der Waals surface area (Å²) >= 11 is 0. The molecular formula is C21H21F2N5. The summed E-state index contributed by atoms with van der Waals surface area (Å²) in [5, 5.41) is 5.93. The molecule has 0 spiro atoms. The summed E-state index contributed by atoms with van der Waals surface area (Å²) in [7, 11) is 0. The molecule has 3 aromatic rings. The van der Waals surface area contributed by atoms with E-state index in [-0.39, 0.29) is 5.69 Å². The second kappa shape index (κ2) is 7.80. The molecule has 144 valence electrons. The summed E-state index contributed by atoms with van der Waals surface area (Å²) < 4.78 is 27.8. The highest BCUT2D eigenvalue weighted by atomic mass is 19.1. The van der Waals surface area contributed by atoms with Crippen LogP contribution in [-0.4, -0.2) is 23.1 Å². The number of nitrogens with zero attached hydrogens (tertiary/aromatic N) is 3. The van der Waals surface area contributed by atoms with Gasteiger partial charge in [0, 0.05) is 30.5 Å². The maximum Gasteiger partial charge on any atom is 0.149 e. The van der Waals surface area contributed by atoms with E-state index in [0.29, 0.717) is 17.5 Å². The molecule has 0 radical (unpaired) electrons. The first-order valence-electron chi connectivity index (χ1n) is 9.27. The van der Waals surface area contributed by atoms with E-state index in [4.69, 9.17) is 0 Å². The van der Waals surface area contributed by atoms with Gasteiger partial charge in [0.25, 0.3) is 0 Å². The zero-order valence-electron chi connectivity index (χ0n) is 15.5. The molecule has 4 rings (SSSR count). The Morgan fingerprint density at radius 2 is 1.46 bits per heavy atom. The quantitative estimate of drug-likeness (QED) is 0.640. The molecule has 0 aliphatic carbocycles. The van der Waals surface area contributed by atoms with Crippen LogP contribution in [0.1, 0.15) is 18.7 Å². The largest absolute Gasteiger partial charge is 0.372 e. The summed E-state index contributed by atoms with van der Waals surface area (Å²) in [6.07, 6.45) is 2.47. The van der Waals surface area contributed by atoms with Crippen molar-refractivity contribution in [3.63, 3.8) is 0 Å². The van der Waals surface area contributed by atoms with Gasteiger partial charge < -0.3 is 15.5 Å². The van der Waals surface area contributed by atoms with E-state index in [1.165, 1.54) is 36.7 Å². The number of anilines is 5. The Kier molecular flexibility index (Phi) is 5.06. The van der Waals surface area contributed by atoms with E-state index in [1.54, 1.807) is 13.0 Å². The Balaban J connectivity index is 1.52. The monoisotopic (exact) mass is 381 g/mol. The minimum absolute atomic E-state index is 0.235. The molecule has 1 fully saturated rings. The molecule has 1 saturated heterocycles. The van der Waals surface area contributed by atoms with E-state index < -0.39 is 11.6 Å². The number of rotatable bonds is 5. The van der Waals surface area contributed by atoms with E-state index >= 15 is 0 Å². The SMILES string of the molecule is Cc1nc(Nc2ccc(N3CCCC3)cc2)cc(Nc2c(F)cccc2F)n1. The number of benzene rings is 2. The van der Waals surface area contributed by atoms with Crippen LogP contribution in [0, 0.1) is 18.6 Å². The van der Waals surface area contributed by atoms with Crippen LogP contribution >= 0.6 is 0 Å². The highest BCUT2D eigenvalue weighted by Crippen LogP contribution is 2.26. The van der Waals surface area contributed by atoms with E-state index in [9.17, 15) is 8.78 Å². The summed E-state index contributed by atoms with van der Waals surface area (Å²) in [6, 6.07) is 13.5. The van der Waals surface area contributed by atoms with Gasteiger partial charge in [-0.3, -0.25) is 0 Å². The summed E-state index contributed by atoms with van der Waals surface area (Å²) in [4.78, 5) is 10.9. The third-order valence-corrected chi connectivity index (χ3v) is 4.66. The smallest absolute Gasteiger partial charge is 0.149 e. The Labute approximate surface area is 162 Å². The maximum atomic E-state index is 13.9. The van der Waals surface area contributed by atoms with Crippen molar-refractivity contribution in [3.05, 3.63) is 66.0 Å². The van der Waals surface area contributed by atoms with Gasteiger partial charge in [-0.25, -0.2) is 18.7 Å². The average molecular weight is 381 g/mol. The zero-order chi connectivity index (χ0) is 19.5. The van der Waals surface area contributed by atoms with Gasteiger partial charge in [0.15, 0.2) is 0 Å². The van der Waals surface area contributed by atoms with Crippen molar-refractivity contribution < 1.29 is 8.78 Å². The molecule has 28 heavy (non-hydrogen) atoms. The molecule has 2 aromatic carbocycles. The lowest BCUT2D eigenvalue weighted by molar-refractivity contribution is 0.590. The van der Waals surface area contributed by atoms with Gasteiger partial charge in [0.1, 0.15) is 34.8 Å². The Morgan fingerprint density at radius 3 is 2.11 bits per heavy atom. The Morgan fingerprint density at radius 1 is 0.857 bits per heavy atom. The van der Waals surface area contributed by atoms with E-state index in [2.05, 4.69) is 37.6 Å². The molecule has 1 aliphatic heterocycles. The van der Waals surface area contributed by atoms with Crippen LogP contribution in [0.2, 0.25) is 0 Å². The third kappa shape index (κ3) is 4.03. The van der Waals surface area contributed by atoms with E-state index in [0.717, 1.165) is 18.8 Å². The zero-order valence-corrected chi connectivity index (χ0v) is 15.5. The topological polar surface area (TPSA) is 53.1 Å². The average Bonchev–Trinajstić information content (AvgIpc) is 3.20.